The molecule has 7 nitrogen and oxygen atoms in total. The molecule has 4 rings (SSSR count). The minimum absolute atomic E-state index is 0.237. The highest BCUT2D eigenvalue weighted by molar-refractivity contribution is 6.10. The van der Waals surface area contributed by atoms with E-state index in [0.717, 1.165) is 60.4 Å². The smallest absolute Gasteiger partial charge is 0.380 e. The highest BCUT2D eigenvalue weighted by atomic mass is 19.4. The van der Waals surface area contributed by atoms with Crippen molar-refractivity contribution in [3.63, 3.8) is 0 Å². The van der Waals surface area contributed by atoms with Crippen molar-refractivity contribution in [1.29, 1.82) is 0 Å². The van der Waals surface area contributed by atoms with Gasteiger partial charge in [0.1, 0.15) is 6.29 Å². The number of fused-ring (bicyclic) bond motifs is 3. The molecule has 0 radical (unpaired) electrons. The number of ether oxygens (including phenoxy) is 1. The molecule has 196 valence electrons. The first kappa shape index (κ1) is 26.4. The van der Waals surface area contributed by atoms with Crippen LogP contribution in [0.2, 0.25) is 0 Å². The van der Waals surface area contributed by atoms with Crippen LogP contribution in [0.1, 0.15) is 48.0 Å². The molecule has 0 bridgehead atoms. The Morgan fingerprint density at radius 2 is 1.78 bits per heavy atom. The van der Waals surface area contributed by atoms with E-state index in [2.05, 4.69) is 10.4 Å². The van der Waals surface area contributed by atoms with E-state index in [1.165, 1.54) is 12.1 Å². The largest absolute Gasteiger partial charge is 0.416 e. The highest BCUT2D eigenvalue weighted by Crippen LogP contribution is 2.34. The minimum Gasteiger partial charge on any atom is -0.380 e. The van der Waals surface area contributed by atoms with E-state index >= 15 is 0 Å². The van der Waals surface area contributed by atoms with Crippen molar-refractivity contribution >= 4 is 34.1 Å². The Balaban J connectivity index is 1.44. The van der Waals surface area contributed by atoms with Gasteiger partial charge in [-0.2, -0.15) is 18.3 Å². The van der Waals surface area contributed by atoms with E-state index in [4.69, 9.17) is 4.74 Å². The van der Waals surface area contributed by atoms with Crippen molar-refractivity contribution in [3.8, 4) is 5.69 Å². The number of carbonyl (C=O) groups excluding carboxylic acids is 2. The summed E-state index contributed by atoms with van der Waals surface area (Å²) in [6.07, 6.45) is 2.79. The molecule has 37 heavy (non-hydrogen) atoms. The van der Waals surface area contributed by atoms with Crippen LogP contribution in [0.3, 0.4) is 0 Å². The van der Waals surface area contributed by atoms with E-state index in [0.29, 0.717) is 43.1 Å². The summed E-state index contributed by atoms with van der Waals surface area (Å²) in [6.45, 7) is 1.38. The molecule has 0 aliphatic heterocycles. The lowest BCUT2D eigenvalue weighted by atomic mass is 10.1. The van der Waals surface area contributed by atoms with E-state index in [1.807, 2.05) is 6.20 Å². The molecule has 0 unspecified atom stereocenters. The summed E-state index contributed by atoms with van der Waals surface area (Å²) in [5.74, 6) is -0.237. The molecule has 0 aliphatic rings. The summed E-state index contributed by atoms with van der Waals surface area (Å²) >= 11 is 0. The molecule has 0 fully saturated rings. The normalized spacial score (nSPS) is 11.9. The number of amides is 1. The lowest BCUT2D eigenvalue weighted by molar-refractivity contribution is -0.137. The Morgan fingerprint density at radius 3 is 2.51 bits per heavy atom. The average Bonchev–Trinajstić information content (AvgIpc) is 3.39. The number of benzene rings is 2. The molecule has 2 aromatic carbocycles. The maximum atomic E-state index is 13.0. The summed E-state index contributed by atoms with van der Waals surface area (Å²) in [7, 11) is 1.77. The van der Waals surface area contributed by atoms with Crippen LogP contribution in [-0.4, -0.2) is 46.3 Å². The zero-order valence-electron chi connectivity index (χ0n) is 20.6. The number of hydrogen-bond acceptors (Lipinski definition) is 4. The van der Waals surface area contributed by atoms with Gasteiger partial charge in [-0.15, -0.1) is 0 Å². The number of alkyl halides is 3. The van der Waals surface area contributed by atoms with E-state index in [9.17, 15) is 22.8 Å². The Kier molecular flexibility index (Phi) is 8.27. The van der Waals surface area contributed by atoms with Crippen LogP contribution in [0, 0.1) is 0 Å². The summed E-state index contributed by atoms with van der Waals surface area (Å²) < 4.78 is 48.1. The maximum absolute atomic E-state index is 13.0. The number of aromatic nitrogens is 3. The van der Waals surface area contributed by atoms with Crippen molar-refractivity contribution in [1.82, 2.24) is 19.7 Å². The number of nitrogens with zero attached hydrogens (tertiary/aromatic N) is 3. The zero-order valence-corrected chi connectivity index (χ0v) is 20.6. The average molecular weight is 515 g/mol. The van der Waals surface area contributed by atoms with Crippen molar-refractivity contribution in [2.24, 2.45) is 7.05 Å². The van der Waals surface area contributed by atoms with Crippen LogP contribution < -0.4 is 5.32 Å². The Hall–Kier alpha value is -3.66. The van der Waals surface area contributed by atoms with Crippen molar-refractivity contribution in [2.45, 2.75) is 38.3 Å². The van der Waals surface area contributed by atoms with E-state index < -0.39 is 11.7 Å². The van der Waals surface area contributed by atoms with Gasteiger partial charge in [-0.3, -0.25) is 14.0 Å². The number of carbonyl (C=O) groups is 2. The van der Waals surface area contributed by atoms with Gasteiger partial charge in [0, 0.05) is 54.8 Å². The van der Waals surface area contributed by atoms with Crippen LogP contribution in [0.4, 0.5) is 13.2 Å². The number of aryl methyl sites for hydroxylation is 1. The molecule has 0 saturated heterocycles. The lowest BCUT2D eigenvalue weighted by Crippen LogP contribution is -2.27. The minimum atomic E-state index is -4.41. The predicted molar refractivity (Wildman–Crippen MR) is 135 cm³/mol. The summed E-state index contributed by atoms with van der Waals surface area (Å²) in [6, 6.07) is 10.2. The van der Waals surface area contributed by atoms with Crippen LogP contribution >= 0.6 is 0 Å². The quantitative estimate of drug-likeness (QED) is 0.202. The van der Waals surface area contributed by atoms with E-state index in [1.54, 1.807) is 34.5 Å². The number of unbranched alkanes of at least 4 members (excludes halogenated alkanes) is 4. The Labute approximate surface area is 212 Å². The third-order valence-corrected chi connectivity index (χ3v) is 6.16. The predicted octanol–water partition coefficient (Wildman–Crippen LogP) is 5.43. The van der Waals surface area contributed by atoms with Crippen molar-refractivity contribution < 1.29 is 27.5 Å². The summed E-state index contributed by atoms with van der Waals surface area (Å²) in [4.78, 5) is 23.0. The third kappa shape index (κ3) is 6.19. The molecule has 2 aromatic heterocycles. The second kappa shape index (κ2) is 11.6. The fourth-order valence-electron chi connectivity index (χ4n) is 4.32. The second-order valence-corrected chi connectivity index (χ2v) is 8.89. The number of rotatable bonds is 12. The van der Waals surface area contributed by atoms with Crippen LogP contribution in [0.15, 0.2) is 48.7 Å². The second-order valence-electron chi connectivity index (χ2n) is 8.89. The molecule has 4 aromatic rings. The first-order valence-corrected chi connectivity index (χ1v) is 12.2. The number of hydrogen-bond donors (Lipinski definition) is 1. The number of halogens is 3. The standard InChI is InChI=1S/C27H29F3N4O3/c1-33-18-23-22-17-19(26(36)31-13-16-37-15-6-4-2-3-5-14-35)7-12-24(22)34(25(23)32-33)21-10-8-20(9-11-21)27(28,29)30/h7-12,14,17-18H,2-6,13,15-16H2,1H3,(H,31,36). The molecule has 0 atom stereocenters. The van der Waals surface area contributed by atoms with Gasteiger partial charge in [0.2, 0.25) is 0 Å². The number of nitrogens with one attached hydrogen (secondary N) is 1. The van der Waals surface area contributed by atoms with E-state index in [-0.39, 0.29) is 5.91 Å². The van der Waals surface area contributed by atoms with Crippen molar-refractivity contribution in [2.75, 3.05) is 19.8 Å². The molecule has 0 spiro atoms. The Morgan fingerprint density at radius 1 is 1.03 bits per heavy atom. The lowest BCUT2D eigenvalue weighted by Gasteiger charge is -2.10. The molecule has 1 amide bonds. The van der Waals surface area contributed by atoms with Gasteiger partial charge in [-0.05, 0) is 55.3 Å². The molecule has 1 N–H and O–H groups in total. The summed E-state index contributed by atoms with van der Waals surface area (Å²) in [5.41, 5.74) is 1.63. The van der Waals surface area contributed by atoms with Gasteiger partial charge >= 0.3 is 6.18 Å². The maximum Gasteiger partial charge on any atom is 0.416 e. The van der Waals surface area contributed by atoms with Crippen LogP contribution in [-0.2, 0) is 22.8 Å². The summed E-state index contributed by atoms with van der Waals surface area (Å²) in [5, 5.41) is 8.93. The molecule has 0 saturated carbocycles. The van der Waals surface area contributed by atoms with Gasteiger partial charge < -0.3 is 14.8 Å². The first-order valence-electron chi connectivity index (χ1n) is 12.2. The van der Waals surface area contributed by atoms with Gasteiger partial charge in [0.05, 0.1) is 17.7 Å². The molecular formula is C27H29F3N4O3. The van der Waals surface area contributed by atoms with Crippen LogP contribution in [0.5, 0.6) is 0 Å². The topological polar surface area (TPSA) is 78.2 Å². The zero-order chi connectivity index (χ0) is 26.4. The highest BCUT2D eigenvalue weighted by Gasteiger charge is 2.30. The SMILES string of the molecule is Cn1cc2c3cc(C(=O)NCCOCCCCCCC=O)ccc3n(-c3ccc(C(F)(F)F)cc3)c2n1. The molecule has 0 aliphatic carbocycles. The van der Waals surface area contributed by atoms with Gasteiger partial charge in [-0.1, -0.05) is 12.8 Å². The van der Waals surface area contributed by atoms with Gasteiger partial charge in [0.25, 0.3) is 5.91 Å². The van der Waals surface area contributed by atoms with Crippen LogP contribution in [0.25, 0.3) is 27.6 Å². The number of aldehydes is 1. The fourth-order valence-corrected chi connectivity index (χ4v) is 4.32. The Bertz CT molecular complexity index is 1370. The molecule has 10 heteroatoms. The fraction of sp³-hybridized carbons (Fsp3) is 0.370. The third-order valence-electron chi connectivity index (χ3n) is 6.16. The van der Waals surface area contributed by atoms with Gasteiger partial charge in [-0.25, -0.2) is 0 Å². The molecule has 2 heterocycles. The first-order chi connectivity index (χ1) is 17.8. The van der Waals surface area contributed by atoms with Gasteiger partial charge in [0.15, 0.2) is 5.65 Å². The monoisotopic (exact) mass is 514 g/mol. The molecular weight excluding hydrogens is 485 g/mol. The van der Waals surface area contributed by atoms with Crippen molar-refractivity contribution in [3.05, 3.63) is 59.8 Å².